The van der Waals surface area contributed by atoms with Crippen LogP contribution in [0.1, 0.15) is 59.8 Å². The number of ether oxygens (including phenoxy) is 1. The van der Waals surface area contributed by atoms with Crippen molar-refractivity contribution in [2.24, 2.45) is 0 Å². The summed E-state index contributed by atoms with van der Waals surface area (Å²) in [4.78, 5) is 12.1. The Morgan fingerprint density at radius 1 is 1.19 bits per heavy atom. The van der Waals surface area contributed by atoms with Gasteiger partial charge in [0.2, 0.25) is 0 Å². The van der Waals surface area contributed by atoms with Gasteiger partial charge in [0.1, 0.15) is 5.60 Å². The van der Waals surface area contributed by atoms with Gasteiger partial charge in [0.05, 0.1) is 0 Å². The van der Waals surface area contributed by atoms with E-state index in [9.17, 15) is 4.79 Å². The first kappa shape index (κ1) is 15.4. The minimum absolute atomic E-state index is 0.0639. The summed E-state index contributed by atoms with van der Waals surface area (Å²) in [5.74, 6) is 0.0639. The Morgan fingerprint density at radius 2 is 1.75 bits per heavy atom. The Morgan fingerprint density at radius 3 is 2.12 bits per heavy atom. The van der Waals surface area contributed by atoms with E-state index in [-0.39, 0.29) is 5.78 Å². The molecule has 0 saturated carbocycles. The highest BCUT2D eigenvalue weighted by atomic mass is 16.5. The van der Waals surface area contributed by atoms with Gasteiger partial charge in [0, 0.05) is 6.61 Å². The standard InChI is InChI=1S/C14H26O2/c1-6-9-10-11-16-14(7-2,8-3)13(15)12(4)5/h4,6-11H2,1-3,5H3. The van der Waals surface area contributed by atoms with E-state index >= 15 is 0 Å². The molecule has 0 aliphatic carbocycles. The molecule has 0 heterocycles. The van der Waals surface area contributed by atoms with Crippen molar-refractivity contribution in [2.45, 2.75) is 65.4 Å². The zero-order valence-corrected chi connectivity index (χ0v) is 11.3. The van der Waals surface area contributed by atoms with Crippen molar-refractivity contribution in [2.75, 3.05) is 6.61 Å². The fourth-order valence-electron chi connectivity index (χ4n) is 1.85. The zero-order valence-electron chi connectivity index (χ0n) is 11.3. The van der Waals surface area contributed by atoms with Crippen LogP contribution in [0.5, 0.6) is 0 Å². The average Bonchev–Trinajstić information content (AvgIpc) is 2.29. The van der Waals surface area contributed by atoms with Crippen molar-refractivity contribution in [1.82, 2.24) is 0 Å². The number of ketones is 1. The van der Waals surface area contributed by atoms with Gasteiger partial charge in [0.15, 0.2) is 5.78 Å². The van der Waals surface area contributed by atoms with Gasteiger partial charge < -0.3 is 4.74 Å². The van der Waals surface area contributed by atoms with Gasteiger partial charge in [-0.15, -0.1) is 0 Å². The van der Waals surface area contributed by atoms with Gasteiger partial charge >= 0.3 is 0 Å². The third-order valence-electron chi connectivity index (χ3n) is 3.07. The summed E-state index contributed by atoms with van der Waals surface area (Å²) in [6.07, 6.45) is 4.80. The lowest BCUT2D eigenvalue weighted by atomic mass is 9.88. The SMILES string of the molecule is C=C(C)C(=O)C(CC)(CC)OCCCCC. The zero-order chi connectivity index (χ0) is 12.6. The minimum atomic E-state index is -0.625. The number of carbonyl (C=O) groups excluding carboxylic acids is 1. The molecule has 0 unspecified atom stereocenters. The summed E-state index contributed by atoms with van der Waals surface area (Å²) in [6, 6.07) is 0. The smallest absolute Gasteiger partial charge is 0.189 e. The van der Waals surface area contributed by atoms with Crippen LogP contribution in [0.2, 0.25) is 0 Å². The second-order valence-electron chi connectivity index (χ2n) is 4.37. The molecular formula is C14H26O2. The van der Waals surface area contributed by atoms with Crippen LogP contribution < -0.4 is 0 Å². The predicted molar refractivity (Wildman–Crippen MR) is 68.6 cm³/mol. The first-order chi connectivity index (χ1) is 7.54. The van der Waals surface area contributed by atoms with Crippen LogP contribution in [-0.2, 0) is 9.53 Å². The summed E-state index contributed by atoms with van der Waals surface area (Å²) < 4.78 is 5.84. The maximum atomic E-state index is 12.1. The van der Waals surface area contributed by atoms with Crippen molar-refractivity contribution in [3.63, 3.8) is 0 Å². The molecule has 0 aromatic heterocycles. The maximum Gasteiger partial charge on any atom is 0.189 e. The highest BCUT2D eigenvalue weighted by molar-refractivity contribution is 6.00. The molecule has 16 heavy (non-hydrogen) atoms. The van der Waals surface area contributed by atoms with Crippen LogP contribution in [0.4, 0.5) is 0 Å². The van der Waals surface area contributed by atoms with E-state index < -0.39 is 5.60 Å². The van der Waals surface area contributed by atoms with Crippen molar-refractivity contribution in [1.29, 1.82) is 0 Å². The van der Waals surface area contributed by atoms with Crippen molar-refractivity contribution >= 4 is 5.78 Å². The van der Waals surface area contributed by atoms with Gasteiger partial charge in [-0.2, -0.15) is 0 Å². The number of hydrogen-bond acceptors (Lipinski definition) is 2. The van der Waals surface area contributed by atoms with Crippen LogP contribution in [0.25, 0.3) is 0 Å². The van der Waals surface area contributed by atoms with E-state index in [1.807, 2.05) is 13.8 Å². The molecule has 0 N–H and O–H groups in total. The summed E-state index contributed by atoms with van der Waals surface area (Å²) in [5, 5.41) is 0. The van der Waals surface area contributed by atoms with Gasteiger partial charge in [0.25, 0.3) is 0 Å². The first-order valence-corrected chi connectivity index (χ1v) is 6.38. The lowest BCUT2D eigenvalue weighted by Gasteiger charge is -2.30. The largest absolute Gasteiger partial charge is 0.367 e. The van der Waals surface area contributed by atoms with Crippen molar-refractivity contribution < 1.29 is 9.53 Å². The van der Waals surface area contributed by atoms with E-state index in [1.54, 1.807) is 6.92 Å². The normalized spacial score (nSPS) is 11.5. The molecule has 0 aliphatic rings. The molecule has 0 aromatic rings. The molecule has 0 rings (SSSR count). The predicted octanol–water partition coefficient (Wildman–Crippen LogP) is 3.90. The highest BCUT2D eigenvalue weighted by Gasteiger charge is 2.35. The topological polar surface area (TPSA) is 26.3 Å². The summed E-state index contributed by atoms with van der Waals surface area (Å²) in [6.45, 7) is 12.3. The van der Waals surface area contributed by atoms with Gasteiger partial charge in [-0.3, -0.25) is 4.79 Å². The van der Waals surface area contributed by atoms with E-state index in [0.29, 0.717) is 12.2 Å². The van der Waals surface area contributed by atoms with E-state index in [4.69, 9.17) is 4.74 Å². The molecule has 0 fully saturated rings. The van der Waals surface area contributed by atoms with Gasteiger partial charge in [-0.05, 0) is 31.8 Å². The molecule has 0 amide bonds. The fraction of sp³-hybridized carbons (Fsp3) is 0.786. The second-order valence-corrected chi connectivity index (χ2v) is 4.37. The van der Waals surface area contributed by atoms with Gasteiger partial charge in [-0.25, -0.2) is 0 Å². The average molecular weight is 226 g/mol. The van der Waals surface area contributed by atoms with E-state index in [1.165, 1.54) is 6.42 Å². The van der Waals surface area contributed by atoms with E-state index in [2.05, 4.69) is 13.5 Å². The third kappa shape index (κ3) is 4.09. The molecule has 0 aromatic carbocycles. The molecule has 0 aliphatic heterocycles. The lowest BCUT2D eigenvalue weighted by molar-refractivity contribution is -0.142. The maximum absolute atomic E-state index is 12.1. The van der Waals surface area contributed by atoms with Gasteiger partial charge in [-0.1, -0.05) is 40.2 Å². The summed E-state index contributed by atoms with van der Waals surface area (Å²) in [7, 11) is 0. The molecule has 0 radical (unpaired) electrons. The molecule has 0 bridgehead atoms. The lowest BCUT2D eigenvalue weighted by Crippen LogP contribution is -2.41. The number of rotatable bonds is 9. The number of hydrogen-bond donors (Lipinski definition) is 0. The number of Topliss-reactive ketones (excluding diaryl/α,β-unsaturated/α-hetero) is 1. The monoisotopic (exact) mass is 226 g/mol. The van der Waals surface area contributed by atoms with Crippen molar-refractivity contribution in [3.05, 3.63) is 12.2 Å². The van der Waals surface area contributed by atoms with Crippen LogP contribution in [0.3, 0.4) is 0 Å². The third-order valence-corrected chi connectivity index (χ3v) is 3.07. The van der Waals surface area contributed by atoms with Crippen LogP contribution in [0.15, 0.2) is 12.2 Å². The Hall–Kier alpha value is -0.630. The Labute approximate surface area is 100 Å². The minimum Gasteiger partial charge on any atom is -0.367 e. The Bertz CT molecular complexity index is 227. The Balaban J connectivity index is 4.44. The van der Waals surface area contributed by atoms with Crippen molar-refractivity contribution in [3.8, 4) is 0 Å². The molecule has 0 saturated heterocycles. The first-order valence-electron chi connectivity index (χ1n) is 6.38. The van der Waals surface area contributed by atoms with Crippen LogP contribution in [-0.4, -0.2) is 18.0 Å². The summed E-state index contributed by atoms with van der Waals surface area (Å²) in [5.41, 5.74) is -0.0289. The fourth-order valence-corrected chi connectivity index (χ4v) is 1.85. The number of unbranched alkanes of at least 4 members (excludes halogenated alkanes) is 2. The molecule has 2 nitrogen and oxygen atoms in total. The molecule has 2 heteroatoms. The molecule has 94 valence electrons. The van der Waals surface area contributed by atoms with E-state index in [0.717, 1.165) is 25.7 Å². The van der Waals surface area contributed by atoms with Crippen LogP contribution >= 0.6 is 0 Å². The van der Waals surface area contributed by atoms with Crippen LogP contribution in [0, 0.1) is 0 Å². The Kier molecular flexibility index (Phi) is 7.31. The molecule has 0 spiro atoms. The number of carbonyl (C=O) groups is 1. The molecular weight excluding hydrogens is 200 g/mol. The highest BCUT2D eigenvalue weighted by Crippen LogP contribution is 2.25. The second kappa shape index (κ2) is 7.61. The summed E-state index contributed by atoms with van der Waals surface area (Å²) >= 11 is 0. The quantitative estimate of drug-likeness (QED) is 0.440. The molecule has 0 atom stereocenters.